The van der Waals surface area contributed by atoms with Crippen molar-refractivity contribution < 1.29 is 34.1 Å². The van der Waals surface area contributed by atoms with Crippen LogP contribution in [0, 0.1) is 29.1 Å². The number of hydrogen-bond donors (Lipinski definition) is 2. The number of aliphatic carboxylic acids is 1. The molecule has 1 saturated heterocycles. The number of rotatable bonds is 7. The van der Waals surface area contributed by atoms with E-state index in [2.05, 4.69) is 13.0 Å². The molecule has 0 bridgehead atoms. The second-order valence-corrected chi connectivity index (χ2v) is 10.2. The highest BCUT2D eigenvalue weighted by atomic mass is 16.6. The summed E-state index contributed by atoms with van der Waals surface area (Å²) in [5.41, 5.74) is 0.262. The number of aliphatic hydroxyl groups is 1. The van der Waals surface area contributed by atoms with Gasteiger partial charge in [-0.05, 0) is 50.5 Å². The summed E-state index contributed by atoms with van der Waals surface area (Å²) >= 11 is 0. The summed E-state index contributed by atoms with van der Waals surface area (Å²) in [6, 6.07) is 0. The van der Waals surface area contributed by atoms with Gasteiger partial charge >= 0.3 is 17.9 Å². The molecule has 1 fully saturated rings. The fraction of sp³-hybridized carbons (Fsp3) is 0.720. The molecule has 1 aliphatic heterocycles. The van der Waals surface area contributed by atoms with Crippen LogP contribution in [-0.2, 0) is 23.9 Å². The molecule has 0 aromatic heterocycles. The molecular weight excluding hydrogens is 412 g/mol. The summed E-state index contributed by atoms with van der Waals surface area (Å²) in [4.78, 5) is 36.4. The summed E-state index contributed by atoms with van der Waals surface area (Å²) in [5, 5.41) is 19.6. The van der Waals surface area contributed by atoms with Crippen molar-refractivity contribution in [1.29, 1.82) is 0 Å². The lowest BCUT2D eigenvalue weighted by Crippen LogP contribution is -2.44. The predicted molar refractivity (Wildman–Crippen MR) is 117 cm³/mol. The first-order chi connectivity index (χ1) is 15.0. The molecule has 3 rings (SSSR count). The Hall–Kier alpha value is -2.15. The van der Waals surface area contributed by atoms with Gasteiger partial charge in [0, 0.05) is 18.8 Å². The van der Waals surface area contributed by atoms with Crippen LogP contribution in [-0.4, -0.2) is 46.4 Å². The van der Waals surface area contributed by atoms with E-state index < -0.39 is 29.5 Å². The van der Waals surface area contributed by atoms with Crippen LogP contribution in [0.5, 0.6) is 0 Å². The van der Waals surface area contributed by atoms with E-state index in [1.165, 1.54) is 0 Å². The maximum Gasteiger partial charge on any atom is 0.311 e. The zero-order valence-electron chi connectivity index (χ0n) is 19.5. The fourth-order valence-corrected chi connectivity index (χ4v) is 5.04. The molecule has 0 saturated carbocycles. The molecule has 7 heteroatoms. The maximum atomic E-state index is 12.9. The molecule has 0 amide bonds. The van der Waals surface area contributed by atoms with Gasteiger partial charge < -0.3 is 19.7 Å². The zero-order chi connectivity index (χ0) is 23.6. The van der Waals surface area contributed by atoms with Crippen molar-refractivity contribution in [2.45, 2.75) is 84.5 Å². The molecular formula is C25H36O7. The predicted octanol–water partition coefficient (Wildman–Crippen LogP) is 3.65. The van der Waals surface area contributed by atoms with Gasteiger partial charge in [0.25, 0.3) is 0 Å². The minimum atomic E-state index is -0.918. The van der Waals surface area contributed by atoms with Gasteiger partial charge in [0.05, 0.1) is 23.9 Å². The van der Waals surface area contributed by atoms with E-state index in [-0.39, 0.29) is 48.6 Å². The highest BCUT2D eigenvalue weighted by molar-refractivity contribution is 5.77. The molecule has 3 aliphatic rings. The number of esters is 2. The van der Waals surface area contributed by atoms with Crippen LogP contribution in [0.4, 0.5) is 0 Å². The Labute approximate surface area is 189 Å². The van der Waals surface area contributed by atoms with E-state index in [0.717, 1.165) is 12.0 Å². The van der Waals surface area contributed by atoms with Crippen LogP contribution in [0.15, 0.2) is 23.8 Å². The molecule has 7 nitrogen and oxygen atoms in total. The van der Waals surface area contributed by atoms with Gasteiger partial charge in [-0.3, -0.25) is 14.4 Å². The molecule has 178 valence electrons. The summed E-state index contributed by atoms with van der Waals surface area (Å²) in [6.07, 6.45) is 7.01. The summed E-state index contributed by atoms with van der Waals surface area (Å²) in [6.45, 7) is 7.72. The molecule has 7 atom stereocenters. The van der Waals surface area contributed by atoms with Crippen LogP contribution >= 0.6 is 0 Å². The SMILES string of the molecule is CCC(C)(C)C(=O)OC1CC(C(=O)O)C=C2C=CC(C)C(CCC3CC(O)CC(=O)O3)C21. The Bertz CT molecular complexity index is 796. The van der Waals surface area contributed by atoms with Gasteiger partial charge in [0.15, 0.2) is 0 Å². The van der Waals surface area contributed by atoms with Crippen molar-refractivity contribution in [3.8, 4) is 0 Å². The summed E-state index contributed by atoms with van der Waals surface area (Å²) < 4.78 is 11.4. The van der Waals surface area contributed by atoms with E-state index >= 15 is 0 Å². The molecule has 0 aromatic carbocycles. The second-order valence-electron chi connectivity index (χ2n) is 10.2. The third-order valence-electron chi connectivity index (χ3n) is 7.46. The number of hydrogen-bond acceptors (Lipinski definition) is 6. The summed E-state index contributed by atoms with van der Waals surface area (Å²) in [7, 11) is 0. The van der Waals surface area contributed by atoms with E-state index in [0.29, 0.717) is 19.3 Å². The van der Waals surface area contributed by atoms with Gasteiger partial charge in [-0.1, -0.05) is 32.1 Å². The van der Waals surface area contributed by atoms with Gasteiger partial charge in [-0.25, -0.2) is 0 Å². The Morgan fingerprint density at radius 3 is 2.59 bits per heavy atom. The number of cyclic esters (lactones) is 1. The lowest BCUT2D eigenvalue weighted by atomic mass is 9.65. The fourth-order valence-electron chi connectivity index (χ4n) is 5.04. The average Bonchev–Trinajstić information content (AvgIpc) is 2.72. The highest BCUT2D eigenvalue weighted by Gasteiger charge is 2.45. The first-order valence-corrected chi connectivity index (χ1v) is 11.7. The van der Waals surface area contributed by atoms with Crippen molar-refractivity contribution in [3.63, 3.8) is 0 Å². The topological polar surface area (TPSA) is 110 Å². The minimum Gasteiger partial charge on any atom is -0.481 e. The van der Waals surface area contributed by atoms with Crippen LogP contribution in [0.1, 0.15) is 66.2 Å². The largest absolute Gasteiger partial charge is 0.481 e. The quantitative estimate of drug-likeness (QED) is 0.572. The monoisotopic (exact) mass is 448 g/mol. The number of carboxylic acid groups (broad SMARTS) is 1. The van der Waals surface area contributed by atoms with Gasteiger partial charge in [0.1, 0.15) is 12.2 Å². The molecule has 7 unspecified atom stereocenters. The lowest BCUT2D eigenvalue weighted by molar-refractivity contribution is -0.167. The van der Waals surface area contributed by atoms with Crippen LogP contribution < -0.4 is 0 Å². The number of fused-ring (bicyclic) bond motifs is 1. The molecule has 0 radical (unpaired) electrons. The number of ether oxygens (including phenoxy) is 2. The van der Waals surface area contributed by atoms with E-state index in [1.807, 2.05) is 26.8 Å². The molecule has 2 aliphatic carbocycles. The van der Waals surface area contributed by atoms with Crippen LogP contribution in [0.2, 0.25) is 0 Å². The van der Waals surface area contributed by atoms with Crippen molar-refractivity contribution in [2.24, 2.45) is 29.1 Å². The Kier molecular flexibility index (Phi) is 7.48. The maximum absolute atomic E-state index is 12.9. The number of carbonyl (C=O) groups excluding carboxylic acids is 2. The lowest BCUT2D eigenvalue weighted by Gasteiger charge is -2.44. The number of allylic oxidation sites excluding steroid dienone is 2. The Balaban J connectivity index is 1.82. The van der Waals surface area contributed by atoms with Crippen LogP contribution in [0.3, 0.4) is 0 Å². The van der Waals surface area contributed by atoms with Crippen LogP contribution in [0.25, 0.3) is 0 Å². The van der Waals surface area contributed by atoms with E-state index in [9.17, 15) is 24.6 Å². The Morgan fingerprint density at radius 1 is 1.25 bits per heavy atom. The number of carbonyl (C=O) groups is 3. The molecule has 0 aromatic rings. The van der Waals surface area contributed by atoms with E-state index in [1.54, 1.807) is 6.08 Å². The highest BCUT2D eigenvalue weighted by Crippen LogP contribution is 2.45. The smallest absolute Gasteiger partial charge is 0.311 e. The summed E-state index contributed by atoms with van der Waals surface area (Å²) in [5.74, 6) is -2.09. The first-order valence-electron chi connectivity index (χ1n) is 11.7. The van der Waals surface area contributed by atoms with Crippen molar-refractivity contribution >= 4 is 17.9 Å². The van der Waals surface area contributed by atoms with Gasteiger partial charge in [-0.2, -0.15) is 0 Å². The third kappa shape index (κ3) is 5.42. The van der Waals surface area contributed by atoms with Gasteiger partial charge in [-0.15, -0.1) is 0 Å². The molecule has 0 spiro atoms. The van der Waals surface area contributed by atoms with Crippen molar-refractivity contribution in [2.75, 3.05) is 0 Å². The third-order valence-corrected chi connectivity index (χ3v) is 7.46. The average molecular weight is 449 g/mol. The first kappa shape index (κ1) is 24.5. The van der Waals surface area contributed by atoms with Crippen molar-refractivity contribution in [3.05, 3.63) is 23.8 Å². The zero-order valence-corrected chi connectivity index (χ0v) is 19.5. The molecule has 32 heavy (non-hydrogen) atoms. The van der Waals surface area contributed by atoms with Crippen molar-refractivity contribution in [1.82, 2.24) is 0 Å². The second kappa shape index (κ2) is 9.77. The normalized spacial score (nSPS) is 34.8. The van der Waals surface area contributed by atoms with Gasteiger partial charge in [0.2, 0.25) is 0 Å². The molecule has 2 N–H and O–H groups in total. The molecule has 1 heterocycles. The Morgan fingerprint density at radius 2 is 1.97 bits per heavy atom. The standard InChI is InChI=1S/C25H36O7/c1-5-25(3,4)24(30)32-20-11-16(23(28)29)10-15-7-6-14(2)19(22(15)20)9-8-18-12-17(26)13-21(27)31-18/h6-7,10,14,16-20,22,26H,5,8-9,11-13H2,1-4H3,(H,28,29). The minimum absolute atomic E-state index is 0.0381. The number of carboxylic acids is 1. The van der Waals surface area contributed by atoms with E-state index in [4.69, 9.17) is 9.47 Å². The number of aliphatic hydroxyl groups excluding tert-OH is 1.